The van der Waals surface area contributed by atoms with Gasteiger partial charge in [0.15, 0.2) is 0 Å². The van der Waals surface area contributed by atoms with Crippen molar-refractivity contribution in [2.45, 2.75) is 26.2 Å². The number of hydrogen-bond acceptors (Lipinski definition) is 1. The Kier molecular flexibility index (Phi) is 3.49. The van der Waals surface area contributed by atoms with E-state index in [1.165, 1.54) is 6.42 Å². The van der Waals surface area contributed by atoms with Crippen LogP contribution in [0.5, 0.6) is 0 Å². The molecular weight excluding hydrogens is 222 g/mol. The van der Waals surface area contributed by atoms with E-state index in [-0.39, 0.29) is 5.91 Å². The molecule has 0 N–H and O–H groups in total. The van der Waals surface area contributed by atoms with Crippen LogP contribution in [0, 0.1) is 6.92 Å². The maximum absolute atomic E-state index is 12.2. The second-order valence-electron chi connectivity index (χ2n) is 4.27. The summed E-state index contributed by atoms with van der Waals surface area (Å²) in [5, 5.41) is 0.669. The number of halogens is 1. The molecule has 0 atom stereocenters. The van der Waals surface area contributed by atoms with Crippen molar-refractivity contribution < 1.29 is 4.79 Å². The zero-order chi connectivity index (χ0) is 11.5. The molecule has 0 unspecified atom stereocenters. The number of nitrogens with zero attached hydrogens (tertiary/aromatic N) is 1. The van der Waals surface area contributed by atoms with E-state index in [0.29, 0.717) is 5.02 Å². The van der Waals surface area contributed by atoms with Gasteiger partial charge in [-0.2, -0.15) is 0 Å². The molecule has 1 aromatic rings. The van der Waals surface area contributed by atoms with Crippen LogP contribution in [0.15, 0.2) is 18.2 Å². The first kappa shape index (κ1) is 11.5. The van der Waals surface area contributed by atoms with Gasteiger partial charge in [0.1, 0.15) is 0 Å². The number of hydrogen-bond donors (Lipinski definition) is 0. The highest BCUT2D eigenvalue weighted by molar-refractivity contribution is 6.31. The number of piperidine rings is 1. The Morgan fingerprint density at radius 3 is 2.62 bits per heavy atom. The summed E-state index contributed by atoms with van der Waals surface area (Å²) in [4.78, 5) is 14.2. The minimum absolute atomic E-state index is 0.125. The van der Waals surface area contributed by atoms with E-state index < -0.39 is 0 Å². The molecule has 2 rings (SSSR count). The molecule has 3 heteroatoms. The molecule has 0 aromatic heterocycles. The monoisotopic (exact) mass is 237 g/mol. The summed E-state index contributed by atoms with van der Waals surface area (Å²) in [7, 11) is 0. The standard InChI is InChI=1S/C13H16ClNO/c1-10-11(6-5-7-12(10)14)13(16)15-8-3-2-4-9-15/h5-7H,2-4,8-9H2,1H3. The van der Waals surface area contributed by atoms with E-state index in [1.54, 1.807) is 0 Å². The van der Waals surface area contributed by atoms with Crippen molar-refractivity contribution in [1.82, 2.24) is 4.90 Å². The average molecular weight is 238 g/mol. The predicted octanol–water partition coefficient (Wildman–Crippen LogP) is 3.27. The van der Waals surface area contributed by atoms with Gasteiger partial charge < -0.3 is 4.90 Å². The lowest BCUT2D eigenvalue weighted by Gasteiger charge is -2.27. The lowest BCUT2D eigenvalue weighted by molar-refractivity contribution is 0.0723. The molecule has 1 heterocycles. The second-order valence-corrected chi connectivity index (χ2v) is 4.67. The molecule has 0 saturated carbocycles. The SMILES string of the molecule is Cc1c(Cl)cccc1C(=O)N1CCCCC1. The minimum Gasteiger partial charge on any atom is -0.339 e. The zero-order valence-corrected chi connectivity index (χ0v) is 10.3. The summed E-state index contributed by atoms with van der Waals surface area (Å²) in [6.45, 7) is 3.66. The number of benzene rings is 1. The molecule has 0 bridgehead atoms. The van der Waals surface area contributed by atoms with E-state index in [9.17, 15) is 4.79 Å². The molecule has 0 aliphatic carbocycles. The zero-order valence-electron chi connectivity index (χ0n) is 9.50. The van der Waals surface area contributed by atoms with Crippen molar-refractivity contribution in [3.63, 3.8) is 0 Å². The van der Waals surface area contributed by atoms with Gasteiger partial charge in [-0.25, -0.2) is 0 Å². The normalized spacial score (nSPS) is 16.2. The van der Waals surface area contributed by atoms with Crippen molar-refractivity contribution in [1.29, 1.82) is 0 Å². The van der Waals surface area contributed by atoms with E-state index >= 15 is 0 Å². The fourth-order valence-corrected chi connectivity index (χ4v) is 2.28. The van der Waals surface area contributed by atoms with Gasteiger partial charge in [-0.1, -0.05) is 17.7 Å². The Morgan fingerprint density at radius 1 is 1.25 bits per heavy atom. The second kappa shape index (κ2) is 4.88. The molecule has 0 spiro atoms. The lowest BCUT2D eigenvalue weighted by atomic mass is 10.1. The first-order valence-electron chi connectivity index (χ1n) is 5.74. The maximum Gasteiger partial charge on any atom is 0.254 e. The number of amides is 1. The Labute approximate surface area is 101 Å². The first-order chi connectivity index (χ1) is 7.70. The fourth-order valence-electron chi connectivity index (χ4n) is 2.11. The smallest absolute Gasteiger partial charge is 0.254 e. The summed E-state index contributed by atoms with van der Waals surface area (Å²) in [5.74, 6) is 0.125. The molecule has 1 saturated heterocycles. The van der Waals surface area contributed by atoms with Crippen LogP contribution in [-0.2, 0) is 0 Å². The summed E-state index contributed by atoms with van der Waals surface area (Å²) in [6, 6.07) is 5.52. The fraction of sp³-hybridized carbons (Fsp3) is 0.462. The van der Waals surface area contributed by atoms with E-state index in [2.05, 4.69) is 0 Å². The van der Waals surface area contributed by atoms with Crippen LogP contribution in [0.3, 0.4) is 0 Å². The number of rotatable bonds is 1. The van der Waals surface area contributed by atoms with Gasteiger partial charge in [0, 0.05) is 23.7 Å². The van der Waals surface area contributed by atoms with Crippen molar-refractivity contribution in [3.8, 4) is 0 Å². The third-order valence-corrected chi connectivity index (χ3v) is 3.55. The maximum atomic E-state index is 12.2. The third kappa shape index (κ3) is 2.22. The highest BCUT2D eigenvalue weighted by atomic mass is 35.5. The molecular formula is C13H16ClNO. The molecule has 1 aliphatic heterocycles. The first-order valence-corrected chi connectivity index (χ1v) is 6.12. The van der Waals surface area contributed by atoms with Crippen LogP contribution < -0.4 is 0 Å². The summed E-state index contributed by atoms with van der Waals surface area (Å²) in [6.07, 6.45) is 3.47. The van der Waals surface area contributed by atoms with E-state index in [4.69, 9.17) is 11.6 Å². The van der Waals surface area contributed by atoms with Crippen molar-refractivity contribution >= 4 is 17.5 Å². The molecule has 86 valence electrons. The van der Waals surface area contributed by atoms with Gasteiger partial charge in [0.25, 0.3) is 5.91 Å². The molecule has 1 aliphatic rings. The molecule has 1 fully saturated rings. The van der Waals surface area contributed by atoms with Crippen LogP contribution in [0.4, 0.5) is 0 Å². The van der Waals surface area contributed by atoms with Crippen LogP contribution in [0.1, 0.15) is 35.2 Å². The van der Waals surface area contributed by atoms with Crippen molar-refractivity contribution in [3.05, 3.63) is 34.3 Å². The quantitative estimate of drug-likeness (QED) is 0.734. The average Bonchev–Trinajstić information content (AvgIpc) is 2.33. The van der Waals surface area contributed by atoms with Crippen molar-refractivity contribution in [2.24, 2.45) is 0 Å². The largest absolute Gasteiger partial charge is 0.339 e. The Morgan fingerprint density at radius 2 is 1.94 bits per heavy atom. The molecule has 2 nitrogen and oxygen atoms in total. The van der Waals surface area contributed by atoms with Gasteiger partial charge in [-0.15, -0.1) is 0 Å². The Balaban J connectivity index is 2.22. The third-order valence-electron chi connectivity index (χ3n) is 3.14. The molecule has 1 aromatic carbocycles. The Hall–Kier alpha value is -1.02. The minimum atomic E-state index is 0.125. The van der Waals surface area contributed by atoms with Crippen molar-refractivity contribution in [2.75, 3.05) is 13.1 Å². The van der Waals surface area contributed by atoms with Crippen LogP contribution >= 0.6 is 11.6 Å². The highest BCUT2D eigenvalue weighted by Crippen LogP contribution is 2.21. The number of carbonyl (C=O) groups excluding carboxylic acids is 1. The predicted molar refractivity (Wildman–Crippen MR) is 65.9 cm³/mol. The van der Waals surface area contributed by atoms with Crippen LogP contribution in [-0.4, -0.2) is 23.9 Å². The van der Waals surface area contributed by atoms with E-state index in [1.807, 2.05) is 30.0 Å². The topological polar surface area (TPSA) is 20.3 Å². The van der Waals surface area contributed by atoms with Gasteiger partial charge in [0.05, 0.1) is 0 Å². The van der Waals surface area contributed by atoms with Gasteiger partial charge in [-0.05, 0) is 43.9 Å². The van der Waals surface area contributed by atoms with Gasteiger partial charge >= 0.3 is 0 Å². The van der Waals surface area contributed by atoms with Crippen LogP contribution in [0.25, 0.3) is 0 Å². The van der Waals surface area contributed by atoms with Gasteiger partial charge in [-0.3, -0.25) is 4.79 Å². The Bertz CT molecular complexity index is 397. The molecule has 1 amide bonds. The lowest BCUT2D eigenvalue weighted by Crippen LogP contribution is -2.35. The van der Waals surface area contributed by atoms with Gasteiger partial charge in [0.2, 0.25) is 0 Å². The summed E-state index contributed by atoms with van der Waals surface area (Å²) >= 11 is 6.03. The summed E-state index contributed by atoms with van der Waals surface area (Å²) < 4.78 is 0. The summed E-state index contributed by atoms with van der Waals surface area (Å²) in [5.41, 5.74) is 1.63. The van der Waals surface area contributed by atoms with E-state index in [0.717, 1.165) is 37.1 Å². The highest BCUT2D eigenvalue weighted by Gasteiger charge is 2.19. The molecule has 0 radical (unpaired) electrons. The number of carbonyl (C=O) groups is 1. The van der Waals surface area contributed by atoms with Crippen LogP contribution in [0.2, 0.25) is 5.02 Å². The number of likely N-dealkylation sites (tertiary alicyclic amines) is 1. The molecule has 16 heavy (non-hydrogen) atoms.